The van der Waals surface area contributed by atoms with Crippen molar-refractivity contribution in [3.8, 4) is 0 Å². The third kappa shape index (κ3) is 3.98. The summed E-state index contributed by atoms with van der Waals surface area (Å²) in [6.07, 6.45) is 0. The zero-order valence-electron chi connectivity index (χ0n) is 15.8. The van der Waals surface area contributed by atoms with Gasteiger partial charge in [-0.15, -0.1) is 11.3 Å². The molecule has 0 atom stereocenters. The molecule has 0 bridgehead atoms. The van der Waals surface area contributed by atoms with Crippen molar-refractivity contribution < 1.29 is 4.79 Å². The molecule has 0 unspecified atom stereocenters. The predicted molar refractivity (Wildman–Crippen MR) is 117 cm³/mol. The second-order valence-electron chi connectivity index (χ2n) is 7.02. The normalized spacial score (nSPS) is 11.1. The molecule has 2 aromatic carbocycles. The van der Waals surface area contributed by atoms with Crippen LogP contribution in [0, 0.1) is 13.8 Å². The van der Waals surface area contributed by atoms with E-state index in [1.807, 2.05) is 42.5 Å². The number of halogens is 1. The fraction of sp³-hybridized carbons (Fsp3) is 0.174. The van der Waals surface area contributed by atoms with Gasteiger partial charge in [0.25, 0.3) is 5.91 Å². The summed E-state index contributed by atoms with van der Waals surface area (Å²) >= 11 is 7.86. The summed E-state index contributed by atoms with van der Waals surface area (Å²) < 4.78 is 3.20. The Kier molecular flexibility index (Phi) is 5.25. The lowest BCUT2D eigenvalue weighted by Gasteiger charge is -2.12. The van der Waals surface area contributed by atoms with E-state index in [4.69, 9.17) is 11.6 Å². The molecule has 4 aromatic rings. The Morgan fingerprint density at radius 3 is 2.61 bits per heavy atom. The summed E-state index contributed by atoms with van der Waals surface area (Å²) in [6, 6.07) is 20.1. The number of rotatable bonds is 5. The van der Waals surface area contributed by atoms with Crippen LogP contribution in [0.25, 0.3) is 10.2 Å². The number of amides is 1. The van der Waals surface area contributed by atoms with Gasteiger partial charge in [-0.3, -0.25) is 4.79 Å². The Balaban J connectivity index is 1.64. The Morgan fingerprint density at radius 1 is 1.04 bits per heavy atom. The second-order valence-corrected chi connectivity index (χ2v) is 8.75. The van der Waals surface area contributed by atoms with Crippen LogP contribution in [0.15, 0.2) is 60.7 Å². The molecule has 2 aromatic heterocycles. The van der Waals surface area contributed by atoms with Crippen molar-refractivity contribution in [1.29, 1.82) is 0 Å². The lowest BCUT2D eigenvalue weighted by molar-refractivity contribution is 0.0942. The van der Waals surface area contributed by atoms with E-state index in [0.29, 0.717) is 23.8 Å². The molecule has 0 spiro atoms. The number of hydrogen-bond donors (Lipinski definition) is 1. The Labute approximate surface area is 173 Å². The number of benzene rings is 2. The minimum atomic E-state index is -0.0652. The maximum absolute atomic E-state index is 13.0. The molecule has 5 heteroatoms. The van der Waals surface area contributed by atoms with E-state index in [1.54, 1.807) is 11.3 Å². The number of carbonyl (C=O) groups is 1. The molecular weight excluding hydrogens is 388 g/mol. The van der Waals surface area contributed by atoms with Crippen molar-refractivity contribution in [2.24, 2.45) is 0 Å². The van der Waals surface area contributed by atoms with Crippen molar-refractivity contribution in [3.63, 3.8) is 0 Å². The maximum atomic E-state index is 13.0. The van der Waals surface area contributed by atoms with Gasteiger partial charge in [-0.2, -0.15) is 0 Å². The summed E-state index contributed by atoms with van der Waals surface area (Å²) in [4.78, 5) is 14.2. The predicted octanol–water partition coefficient (Wildman–Crippen LogP) is 5.95. The lowest BCUT2D eigenvalue weighted by atomic mass is 10.1. The molecule has 0 aliphatic rings. The van der Waals surface area contributed by atoms with E-state index in [0.717, 1.165) is 21.3 Å². The van der Waals surface area contributed by atoms with E-state index in [-0.39, 0.29) is 5.91 Å². The molecule has 4 rings (SSSR count). The smallest absolute Gasteiger partial charge is 0.268 e. The van der Waals surface area contributed by atoms with Crippen LogP contribution in [0.4, 0.5) is 0 Å². The average molecular weight is 409 g/mol. The van der Waals surface area contributed by atoms with Gasteiger partial charge in [-0.1, -0.05) is 53.6 Å². The van der Waals surface area contributed by atoms with Gasteiger partial charge in [-0.25, -0.2) is 0 Å². The molecule has 0 radical (unpaired) electrons. The third-order valence-electron chi connectivity index (χ3n) is 4.71. The van der Waals surface area contributed by atoms with Gasteiger partial charge in [0.1, 0.15) is 5.69 Å². The van der Waals surface area contributed by atoms with Crippen molar-refractivity contribution in [2.75, 3.05) is 0 Å². The van der Waals surface area contributed by atoms with Crippen LogP contribution in [0.3, 0.4) is 0 Å². The largest absolute Gasteiger partial charge is 0.347 e. The molecule has 0 fully saturated rings. The average Bonchev–Trinajstić information content (AvgIpc) is 3.17. The van der Waals surface area contributed by atoms with Crippen molar-refractivity contribution in [2.45, 2.75) is 26.9 Å². The summed E-state index contributed by atoms with van der Waals surface area (Å²) in [6.45, 7) is 5.26. The third-order valence-corrected chi connectivity index (χ3v) is 5.93. The number of aromatic nitrogens is 1. The quantitative estimate of drug-likeness (QED) is 0.435. The van der Waals surface area contributed by atoms with Crippen LogP contribution >= 0.6 is 22.9 Å². The van der Waals surface area contributed by atoms with Gasteiger partial charge in [-0.05, 0) is 49.2 Å². The minimum absolute atomic E-state index is 0.0652. The molecule has 142 valence electrons. The zero-order valence-corrected chi connectivity index (χ0v) is 17.4. The van der Waals surface area contributed by atoms with E-state index < -0.39 is 0 Å². The van der Waals surface area contributed by atoms with Crippen molar-refractivity contribution >= 4 is 39.1 Å². The molecule has 1 amide bonds. The van der Waals surface area contributed by atoms with Gasteiger partial charge < -0.3 is 9.88 Å². The number of fused-ring (bicyclic) bond motifs is 1. The van der Waals surface area contributed by atoms with E-state index >= 15 is 0 Å². The highest BCUT2D eigenvalue weighted by Gasteiger charge is 2.17. The van der Waals surface area contributed by atoms with Gasteiger partial charge in [0.05, 0.1) is 10.2 Å². The van der Waals surface area contributed by atoms with Crippen LogP contribution in [0.5, 0.6) is 0 Å². The molecule has 28 heavy (non-hydrogen) atoms. The van der Waals surface area contributed by atoms with E-state index in [1.165, 1.54) is 10.4 Å². The highest BCUT2D eigenvalue weighted by Crippen LogP contribution is 2.29. The molecule has 1 N–H and O–H groups in total. The topological polar surface area (TPSA) is 34.0 Å². The standard InChI is InChI=1S/C23H21ClN2OS/c1-15-5-3-6-17(9-15)13-25-23(27)21-12-22-20(10-16(2)28-22)26(21)14-18-7-4-8-19(24)11-18/h3-12H,13-14H2,1-2H3,(H,25,27). The SMILES string of the molecule is Cc1cccc(CNC(=O)c2cc3sc(C)cc3n2Cc2cccc(Cl)c2)c1. The summed E-state index contributed by atoms with van der Waals surface area (Å²) in [7, 11) is 0. The minimum Gasteiger partial charge on any atom is -0.347 e. The number of nitrogens with zero attached hydrogens (tertiary/aromatic N) is 1. The molecular formula is C23H21ClN2OS. The first-order valence-electron chi connectivity index (χ1n) is 9.17. The first-order valence-corrected chi connectivity index (χ1v) is 10.4. The second kappa shape index (κ2) is 7.82. The monoisotopic (exact) mass is 408 g/mol. The fourth-order valence-corrected chi connectivity index (χ4v) is 4.61. The number of carbonyl (C=O) groups excluding carboxylic acids is 1. The van der Waals surface area contributed by atoms with Crippen LogP contribution in [0.2, 0.25) is 5.02 Å². The number of nitrogens with one attached hydrogen (secondary N) is 1. The van der Waals surface area contributed by atoms with Gasteiger partial charge in [0.2, 0.25) is 0 Å². The summed E-state index contributed by atoms with van der Waals surface area (Å²) in [5, 5.41) is 3.77. The van der Waals surface area contributed by atoms with Crippen LogP contribution in [-0.2, 0) is 13.1 Å². The Bertz CT molecular complexity index is 1160. The maximum Gasteiger partial charge on any atom is 0.268 e. The fourth-order valence-electron chi connectivity index (χ4n) is 3.44. The van der Waals surface area contributed by atoms with Crippen LogP contribution in [-0.4, -0.2) is 10.5 Å². The van der Waals surface area contributed by atoms with Crippen LogP contribution < -0.4 is 5.32 Å². The van der Waals surface area contributed by atoms with Crippen molar-refractivity contribution in [1.82, 2.24) is 9.88 Å². The molecule has 0 saturated carbocycles. The zero-order chi connectivity index (χ0) is 19.7. The Morgan fingerprint density at radius 2 is 1.82 bits per heavy atom. The highest BCUT2D eigenvalue weighted by atomic mass is 35.5. The summed E-state index contributed by atoms with van der Waals surface area (Å²) in [5.41, 5.74) is 5.12. The molecule has 0 saturated heterocycles. The van der Waals surface area contributed by atoms with Crippen LogP contribution in [0.1, 0.15) is 32.1 Å². The first-order chi connectivity index (χ1) is 13.5. The van der Waals surface area contributed by atoms with Gasteiger partial charge in [0.15, 0.2) is 0 Å². The molecule has 3 nitrogen and oxygen atoms in total. The van der Waals surface area contributed by atoms with Crippen molar-refractivity contribution in [3.05, 3.63) is 92.9 Å². The Hall–Kier alpha value is -2.56. The highest BCUT2D eigenvalue weighted by molar-refractivity contribution is 7.19. The molecule has 0 aliphatic heterocycles. The van der Waals surface area contributed by atoms with E-state index in [2.05, 4.69) is 41.9 Å². The number of hydrogen-bond acceptors (Lipinski definition) is 2. The van der Waals surface area contributed by atoms with E-state index in [9.17, 15) is 4.79 Å². The van der Waals surface area contributed by atoms with Gasteiger partial charge >= 0.3 is 0 Å². The molecule has 0 aliphatic carbocycles. The van der Waals surface area contributed by atoms with Gasteiger partial charge in [0, 0.05) is 23.0 Å². The lowest BCUT2D eigenvalue weighted by Crippen LogP contribution is -2.25. The molecule has 2 heterocycles. The number of aryl methyl sites for hydroxylation is 2. The summed E-state index contributed by atoms with van der Waals surface area (Å²) in [5.74, 6) is -0.0652. The first kappa shape index (κ1) is 18.8. The number of thiophene rings is 1.